The number of ketones is 1. The minimum absolute atomic E-state index is 0.352. The van der Waals surface area contributed by atoms with Crippen molar-refractivity contribution < 1.29 is 4.79 Å². The van der Waals surface area contributed by atoms with E-state index >= 15 is 0 Å². The highest BCUT2D eigenvalue weighted by Crippen LogP contribution is 2.53. The number of carbonyl (C=O) groups excluding carboxylic acids is 1. The standard InChI is InChI=1S/C13H20O/c1-9(2)11-5-7-13(3)6-4-10(14)8-12(11)13/h8-9,11H,4-7H2,1-3H3. The van der Waals surface area contributed by atoms with Gasteiger partial charge in [-0.2, -0.15) is 0 Å². The largest absolute Gasteiger partial charge is 0.295 e. The van der Waals surface area contributed by atoms with Gasteiger partial charge in [0.25, 0.3) is 0 Å². The van der Waals surface area contributed by atoms with E-state index in [2.05, 4.69) is 20.8 Å². The van der Waals surface area contributed by atoms with Gasteiger partial charge in [-0.05, 0) is 42.6 Å². The molecule has 2 rings (SSSR count). The van der Waals surface area contributed by atoms with Crippen molar-refractivity contribution in [1.29, 1.82) is 0 Å². The van der Waals surface area contributed by atoms with E-state index in [1.165, 1.54) is 18.4 Å². The normalized spacial score (nSPS) is 37.3. The van der Waals surface area contributed by atoms with Crippen molar-refractivity contribution in [2.75, 3.05) is 0 Å². The Hall–Kier alpha value is -0.590. The summed E-state index contributed by atoms with van der Waals surface area (Å²) in [6.45, 7) is 6.89. The first-order chi connectivity index (χ1) is 6.53. The minimum atomic E-state index is 0.352. The fourth-order valence-corrected chi connectivity index (χ4v) is 3.11. The van der Waals surface area contributed by atoms with Crippen LogP contribution in [-0.4, -0.2) is 5.78 Å². The van der Waals surface area contributed by atoms with Gasteiger partial charge >= 0.3 is 0 Å². The number of allylic oxidation sites excluding steroid dienone is 2. The molecule has 0 N–H and O–H groups in total. The maximum absolute atomic E-state index is 11.4. The molecule has 1 saturated carbocycles. The summed E-state index contributed by atoms with van der Waals surface area (Å²) in [6, 6.07) is 0. The second-order valence-corrected chi connectivity index (χ2v) is 5.52. The molecule has 0 aliphatic heterocycles. The maximum atomic E-state index is 11.4. The first-order valence-corrected chi connectivity index (χ1v) is 5.78. The lowest BCUT2D eigenvalue weighted by Crippen LogP contribution is -2.24. The van der Waals surface area contributed by atoms with Gasteiger partial charge in [-0.3, -0.25) is 4.79 Å². The predicted molar refractivity (Wildman–Crippen MR) is 58.0 cm³/mol. The monoisotopic (exact) mass is 192 g/mol. The zero-order valence-corrected chi connectivity index (χ0v) is 9.47. The number of fused-ring (bicyclic) bond motifs is 1. The first kappa shape index (κ1) is 9.95. The summed E-state index contributed by atoms with van der Waals surface area (Å²) in [4.78, 5) is 11.4. The van der Waals surface area contributed by atoms with Crippen molar-refractivity contribution in [1.82, 2.24) is 0 Å². The molecule has 1 nitrogen and oxygen atoms in total. The molecule has 0 aromatic carbocycles. The van der Waals surface area contributed by atoms with Crippen LogP contribution in [-0.2, 0) is 4.79 Å². The molecule has 14 heavy (non-hydrogen) atoms. The van der Waals surface area contributed by atoms with Crippen molar-refractivity contribution in [3.63, 3.8) is 0 Å². The van der Waals surface area contributed by atoms with Gasteiger partial charge < -0.3 is 0 Å². The van der Waals surface area contributed by atoms with Crippen LogP contribution in [0.1, 0.15) is 46.5 Å². The first-order valence-electron chi connectivity index (χ1n) is 5.78. The molecule has 78 valence electrons. The summed E-state index contributed by atoms with van der Waals surface area (Å²) in [5.74, 6) is 1.71. The lowest BCUT2D eigenvalue weighted by Gasteiger charge is -2.32. The third-order valence-corrected chi connectivity index (χ3v) is 4.15. The Kier molecular flexibility index (Phi) is 2.29. The maximum Gasteiger partial charge on any atom is 0.155 e. The van der Waals surface area contributed by atoms with Crippen LogP contribution in [0.25, 0.3) is 0 Å². The van der Waals surface area contributed by atoms with Gasteiger partial charge in [0.05, 0.1) is 0 Å². The molecule has 0 bridgehead atoms. The number of carbonyl (C=O) groups is 1. The molecule has 0 spiro atoms. The van der Waals surface area contributed by atoms with Gasteiger partial charge in [0.15, 0.2) is 5.78 Å². The van der Waals surface area contributed by atoms with Crippen LogP contribution in [0.3, 0.4) is 0 Å². The van der Waals surface area contributed by atoms with Gasteiger partial charge in [-0.15, -0.1) is 0 Å². The molecule has 0 amide bonds. The molecular weight excluding hydrogens is 172 g/mol. The Bertz CT molecular complexity index is 288. The number of hydrogen-bond donors (Lipinski definition) is 0. The summed E-state index contributed by atoms with van der Waals surface area (Å²) < 4.78 is 0. The van der Waals surface area contributed by atoms with E-state index in [-0.39, 0.29) is 0 Å². The molecule has 2 aliphatic carbocycles. The number of rotatable bonds is 1. The van der Waals surface area contributed by atoms with E-state index in [1.807, 2.05) is 6.08 Å². The summed E-state index contributed by atoms with van der Waals surface area (Å²) in [7, 11) is 0. The van der Waals surface area contributed by atoms with Crippen LogP contribution in [0.2, 0.25) is 0 Å². The van der Waals surface area contributed by atoms with E-state index in [0.29, 0.717) is 23.0 Å². The van der Waals surface area contributed by atoms with Gasteiger partial charge in [0.2, 0.25) is 0 Å². The Morgan fingerprint density at radius 2 is 2.14 bits per heavy atom. The van der Waals surface area contributed by atoms with Crippen LogP contribution < -0.4 is 0 Å². The quantitative estimate of drug-likeness (QED) is 0.622. The van der Waals surface area contributed by atoms with Crippen molar-refractivity contribution >= 4 is 5.78 Å². The molecule has 2 atom stereocenters. The van der Waals surface area contributed by atoms with Crippen molar-refractivity contribution in [2.24, 2.45) is 17.3 Å². The average Bonchev–Trinajstić information content (AvgIpc) is 2.43. The van der Waals surface area contributed by atoms with Crippen molar-refractivity contribution in [2.45, 2.75) is 46.5 Å². The second kappa shape index (κ2) is 3.22. The Morgan fingerprint density at radius 3 is 2.79 bits per heavy atom. The fourth-order valence-electron chi connectivity index (χ4n) is 3.11. The third-order valence-electron chi connectivity index (χ3n) is 4.15. The zero-order chi connectivity index (χ0) is 10.3. The molecule has 2 aliphatic rings. The second-order valence-electron chi connectivity index (χ2n) is 5.52. The lowest BCUT2D eigenvalue weighted by molar-refractivity contribution is -0.115. The SMILES string of the molecule is CC(C)C1CCC2(C)CCC(=O)C=C12. The van der Waals surface area contributed by atoms with Crippen LogP contribution in [0.5, 0.6) is 0 Å². The fraction of sp³-hybridized carbons (Fsp3) is 0.769. The average molecular weight is 192 g/mol. The highest BCUT2D eigenvalue weighted by molar-refractivity contribution is 5.91. The van der Waals surface area contributed by atoms with Crippen LogP contribution >= 0.6 is 0 Å². The van der Waals surface area contributed by atoms with Crippen molar-refractivity contribution in [3.8, 4) is 0 Å². The Morgan fingerprint density at radius 1 is 1.43 bits per heavy atom. The van der Waals surface area contributed by atoms with E-state index in [0.717, 1.165) is 12.8 Å². The Balaban J connectivity index is 2.33. The van der Waals surface area contributed by atoms with Crippen LogP contribution in [0, 0.1) is 17.3 Å². The topological polar surface area (TPSA) is 17.1 Å². The van der Waals surface area contributed by atoms with Gasteiger partial charge in [0, 0.05) is 6.42 Å². The van der Waals surface area contributed by atoms with Crippen molar-refractivity contribution in [3.05, 3.63) is 11.6 Å². The molecular formula is C13H20O. The molecule has 1 fully saturated rings. The smallest absolute Gasteiger partial charge is 0.155 e. The summed E-state index contributed by atoms with van der Waals surface area (Å²) in [5, 5.41) is 0. The van der Waals surface area contributed by atoms with Gasteiger partial charge in [-0.25, -0.2) is 0 Å². The zero-order valence-electron chi connectivity index (χ0n) is 9.47. The summed E-state index contributed by atoms with van der Waals surface area (Å²) in [6.07, 6.45) is 6.38. The molecule has 0 heterocycles. The summed E-state index contributed by atoms with van der Waals surface area (Å²) in [5.41, 5.74) is 1.83. The summed E-state index contributed by atoms with van der Waals surface area (Å²) >= 11 is 0. The molecule has 0 radical (unpaired) electrons. The predicted octanol–water partition coefficient (Wildman–Crippen LogP) is 3.35. The van der Waals surface area contributed by atoms with Crippen LogP contribution in [0.15, 0.2) is 11.6 Å². The molecule has 0 aromatic heterocycles. The highest BCUT2D eigenvalue weighted by atomic mass is 16.1. The van der Waals surface area contributed by atoms with E-state index in [1.54, 1.807) is 0 Å². The van der Waals surface area contributed by atoms with Gasteiger partial charge in [-0.1, -0.05) is 26.3 Å². The van der Waals surface area contributed by atoms with E-state index in [4.69, 9.17) is 0 Å². The van der Waals surface area contributed by atoms with Gasteiger partial charge in [0.1, 0.15) is 0 Å². The molecule has 1 heteroatoms. The molecule has 2 unspecified atom stereocenters. The minimum Gasteiger partial charge on any atom is -0.295 e. The third kappa shape index (κ3) is 1.43. The number of hydrogen-bond acceptors (Lipinski definition) is 1. The molecule has 0 aromatic rings. The van der Waals surface area contributed by atoms with Crippen LogP contribution in [0.4, 0.5) is 0 Å². The Labute approximate surface area is 86.6 Å². The lowest BCUT2D eigenvalue weighted by atomic mass is 9.72. The van der Waals surface area contributed by atoms with E-state index < -0.39 is 0 Å². The molecule has 0 saturated heterocycles. The van der Waals surface area contributed by atoms with E-state index in [9.17, 15) is 4.79 Å². The highest BCUT2D eigenvalue weighted by Gasteiger charge is 2.43.